The fourth-order valence-electron chi connectivity index (χ4n) is 3.99. The number of rotatable bonds is 11. The number of alkyl carbamates (subject to hydrolysis) is 1. The summed E-state index contributed by atoms with van der Waals surface area (Å²) in [6.07, 6.45) is -0.0455. The van der Waals surface area contributed by atoms with Gasteiger partial charge in [0.2, 0.25) is 10.0 Å². The van der Waals surface area contributed by atoms with Crippen molar-refractivity contribution in [3.8, 4) is 0 Å². The minimum absolute atomic E-state index is 0.0521. The van der Waals surface area contributed by atoms with E-state index in [0.717, 1.165) is 16.7 Å². The summed E-state index contributed by atoms with van der Waals surface area (Å²) in [7, 11) is -2.12. The number of benzene rings is 3. The molecule has 3 aromatic carbocycles. The maximum Gasteiger partial charge on any atom is 0.407 e. The van der Waals surface area contributed by atoms with Crippen LogP contribution in [-0.4, -0.2) is 53.7 Å². The molecule has 2 atom stereocenters. The molecule has 0 heterocycles. The Morgan fingerprint density at radius 1 is 0.784 bits per heavy atom. The van der Waals surface area contributed by atoms with Gasteiger partial charge >= 0.3 is 6.09 Å². The Bertz CT molecular complexity index is 1850. The smallest absolute Gasteiger partial charge is 0.407 e. The highest BCUT2D eigenvalue weighted by Gasteiger charge is 2.27. The van der Waals surface area contributed by atoms with Crippen LogP contribution in [0.5, 0.6) is 0 Å². The summed E-state index contributed by atoms with van der Waals surface area (Å²) in [4.78, 5) is 17.4. The van der Waals surface area contributed by atoms with Gasteiger partial charge in [-0.1, -0.05) is 96.7 Å². The normalized spacial score (nSPS) is 12.6. The van der Waals surface area contributed by atoms with Crippen molar-refractivity contribution in [1.29, 1.82) is 0 Å². The zero-order chi connectivity index (χ0) is 38.9. The van der Waals surface area contributed by atoms with Crippen LogP contribution in [-0.2, 0) is 30.2 Å². The maximum atomic E-state index is 12.5. The van der Waals surface area contributed by atoms with Crippen molar-refractivity contribution in [2.24, 2.45) is 15.6 Å². The van der Waals surface area contributed by atoms with Gasteiger partial charge in [-0.05, 0) is 87.3 Å². The molecule has 0 radical (unpaired) electrons. The van der Waals surface area contributed by atoms with E-state index in [0.29, 0.717) is 6.42 Å². The SMILES string of the molecule is CC(C)(C)OC(=O)N[C@H](CN=[N+]=[N-])C(C)(C)C.Cc1ccc(S(=O)(=O)Cl)cc1.Cc1ccc(S(=O)(=O)N[C@H](CN=[N+]=[N-])Cc2ccccc2)cc1. The molecule has 0 aliphatic heterocycles. The van der Waals surface area contributed by atoms with Crippen LogP contribution < -0.4 is 10.0 Å². The Kier molecular flexibility index (Phi) is 18.0. The number of carbonyl (C=O) groups excluding carboxylic acids is 1. The number of nitrogens with zero attached hydrogens (tertiary/aromatic N) is 6. The number of azide groups is 2. The third-order valence-electron chi connectivity index (χ3n) is 6.71. The molecule has 0 aliphatic carbocycles. The second-order valence-corrected chi connectivity index (χ2v) is 17.7. The van der Waals surface area contributed by atoms with Crippen LogP contribution in [0.1, 0.15) is 58.2 Å². The van der Waals surface area contributed by atoms with Gasteiger partial charge in [-0.25, -0.2) is 26.4 Å². The van der Waals surface area contributed by atoms with Crippen LogP contribution in [0.15, 0.2) is 98.9 Å². The number of ether oxygens (including phenoxy) is 1. The van der Waals surface area contributed by atoms with Gasteiger partial charge in [0.25, 0.3) is 9.05 Å². The van der Waals surface area contributed by atoms with E-state index in [1.54, 1.807) is 57.2 Å². The van der Waals surface area contributed by atoms with Crippen molar-refractivity contribution in [3.63, 3.8) is 0 Å². The Labute approximate surface area is 305 Å². The summed E-state index contributed by atoms with van der Waals surface area (Å²) in [5.41, 5.74) is 19.0. The molecule has 0 saturated carbocycles. The first kappa shape index (κ1) is 44.7. The molecule has 278 valence electrons. The molecule has 51 heavy (non-hydrogen) atoms. The summed E-state index contributed by atoms with van der Waals surface area (Å²) in [5.74, 6) is 0. The molecule has 0 bridgehead atoms. The topological polar surface area (TPSA) is 216 Å². The predicted octanol–water partition coefficient (Wildman–Crippen LogP) is 8.35. The van der Waals surface area contributed by atoms with E-state index >= 15 is 0 Å². The molecule has 0 unspecified atom stereocenters. The van der Waals surface area contributed by atoms with Crippen molar-refractivity contribution in [2.45, 2.75) is 89.3 Å². The Morgan fingerprint density at radius 3 is 1.69 bits per heavy atom. The van der Waals surface area contributed by atoms with Crippen LogP contribution in [0.3, 0.4) is 0 Å². The van der Waals surface area contributed by atoms with Crippen molar-refractivity contribution < 1.29 is 26.4 Å². The lowest BCUT2D eigenvalue weighted by atomic mass is 9.87. The van der Waals surface area contributed by atoms with Crippen molar-refractivity contribution in [3.05, 3.63) is 116 Å². The average molecular weight is 763 g/mol. The fourth-order valence-corrected chi connectivity index (χ4v) is 5.98. The highest BCUT2D eigenvalue weighted by Crippen LogP contribution is 2.20. The lowest BCUT2D eigenvalue weighted by molar-refractivity contribution is 0.0468. The van der Waals surface area contributed by atoms with Crippen molar-refractivity contribution in [2.75, 3.05) is 13.1 Å². The molecule has 0 aromatic heterocycles. The van der Waals surface area contributed by atoms with E-state index in [2.05, 4.69) is 30.1 Å². The van der Waals surface area contributed by atoms with Gasteiger partial charge in [-0.2, -0.15) is 0 Å². The number of sulfonamides is 1. The molecule has 14 nitrogen and oxygen atoms in total. The minimum atomic E-state index is -3.66. The van der Waals surface area contributed by atoms with Gasteiger partial charge in [-0.3, -0.25) is 0 Å². The Balaban J connectivity index is 0.000000409. The molecule has 0 aliphatic rings. The van der Waals surface area contributed by atoms with Gasteiger partial charge in [0, 0.05) is 45.7 Å². The third-order valence-corrected chi connectivity index (χ3v) is 9.62. The standard InChI is InChI=1S/C16H18N4O2S.C11H22N4O2.C7H7ClO2S/c1-13-7-9-16(10-8-13)23(21,22)19-15(12-18-20-17)11-14-5-3-2-4-6-14;1-10(2,3)8(7-13-15-12)14-9(16)17-11(4,5)6;1-6-2-4-7(5-3-6)11(8,9)10/h2-10,15,19H,11-12H2,1H3;8H,7H2,1-6H3,(H,14,16);2-5H,1H3/t15-;8-;/m01./s1. The van der Waals surface area contributed by atoms with E-state index in [1.807, 2.05) is 65.0 Å². The summed E-state index contributed by atoms with van der Waals surface area (Å²) in [6.45, 7) is 15.3. The van der Waals surface area contributed by atoms with Gasteiger partial charge in [0.15, 0.2) is 0 Å². The first-order chi connectivity index (χ1) is 23.6. The quantitative estimate of drug-likeness (QED) is 0.0846. The number of nitrogens with one attached hydrogen (secondary N) is 2. The molecule has 1 amide bonds. The number of hydrogen-bond donors (Lipinski definition) is 2. The lowest BCUT2D eigenvalue weighted by Gasteiger charge is -2.31. The first-order valence-electron chi connectivity index (χ1n) is 15.7. The third kappa shape index (κ3) is 19.0. The van der Waals surface area contributed by atoms with Crippen LogP contribution in [0, 0.1) is 19.3 Å². The van der Waals surface area contributed by atoms with E-state index in [9.17, 15) is 21.6 Å². The zero-order valence-electron chi connectivity index (χ0n) is 30.1. The van der Waals surface area contributed by atoms with Gasteiger partial charge in [-0.15, -0.1) is 0 Å². The van der Waals surface area contributed by atoms with Crippen molar-refractivity contribution >= 4 is 35.8 Å². The molecule has 17 heteroatoms. The fraction of sp³-hybridized carbons (Fsp3) is 0.441. The molecule has 2 N–H and O–H groups in total. The Hall–Kier alpha value is -4.30. The largest absolute Gasteiger partial charge is 0.444 e. The summed E-state index contributed by atoms with van der Waals surface area (Å²) >= 11 is 0. The van der Waals surface area contributed by atoms with Gasteiger partial charge in [0.05, 0.1) is 9.79 Å². The molecule has 0 spiro atoms. The number of halogens is 1. The first-order valence-corrected chi connectivity index (χ1v) is 19.5. The Morgan fingerprint density at radius 2 is 1.25 bits per heavy atom. The van der Waals surface area contributed by atoms with Crippen LogP contribution in [0.4, 0.5) is 4.79 Å². The van der Waals surface area contributed by atoms with Gasteiger partial charge in [0.1, 0.15) is 5.60 Å². The molecule has 0 fully saturated rings. The molecular formula is C34H47ClN8O6S2. The maximum absolute atomic E-state index is 12.5. The number of amides is 1. The summed E-state index contributed by atoms with van der Waals surface area (Å²) in [6, 6.07) is 21.7. The molecule has 3 rings (SSSR count). The predicted molar refractivity (Wildman–Crippen MR) is 200 cm³/mol. The molecule has 3 aromatic rings. The number of aryl methyl sites for hydroxylation is 2. The molecule has 0 saturated heterocycles. The lowest BCUT2D eigenvalue weighted by Crippen LogP contribution is -2.47. The average Bonchev–Trinajstić information content (AvgIpc) is 3.01. The van der Waals surface area contributed by atoms with E-state index in [-0.39, 0.29) is 34.3 Å². The second kappa shape index (κ2) is 20.5. The highest BCUT2D eigenvalue weighted by molar-refractivity contribution is 8.13. The van der Waals surface area contributed by atoms with E-state index in [4.69, 9.17) is 26.5 Å². The van der Waals surface area contributed by atoms with Crippen molar-refractivity contribution in [1.82, 2.24) is 10.0 Å². The van der Waals surface area contributed by atoms with E-state index < -0.39 is 36.8 Å². The van der Waals surface area contributed by atoms with Crippen LogP contribution >= 0.6 is 10.7 Å². The molecular weight excluding hydrogens is 716 g/mol. The number of hydrogen-bond acceptors (Lipinski definition) is 8. The second-order valence-electron chi connectivity index (χ2n) is 13.5. The zero-order valence-corrected chi connectivity index (χ0v) is 32.5. The number of carbonyl (C=O) groups is 1. The summed E-state index contributed by atoms with van der Waals surface area (Å²) in [5, 5.41) is 9.73. The minimum Gasteiger partial charge on any atom is -0.444 e. The highest BCUT2D eigenvalue weighted by atomic mass is 35.7. The summed E-state index contributed by atoms with van der Waals surface area (Å²) < 4.78 is 54.1. The van der Waals surface area contributed by atoms with Crippen LogP contribution in [0.25, 0.3) is 20.9 Å². The van der Waals surface area contributed by atoms with Gasteiger partial charge < -0.3 is 10.1 Å². The monoisotopic (exact) mass is 762 g/mol. The van der Waals surface area contributed by atoms with E-state index in [1.165, 1.54) is 12.1 Å². The van der Waals surface area contributed by atoms with Crippen LogP contribution in [0.2, 0.25) is 0 Å².